The van der Waals surface area contributed by atoms with Crippen LogP contribution in [0, 0.1) is 0 Å². The van der Waals surface area contributed by atoms with Crippen LogP contribution in [0.4, 0.5) is 0 Å². The number of alkyl halides is 1. The van der Waals surface area contributed by atoms with E-state index in [-0.39, 0.29) is 9.89 Å². The van der Waals surface area contributed by atoms with Gasteiger partial charge in [-0.15, -0.1) is 0 Å². The third-order valence-electron chi connectivity index (χ3n) is 3.15. The Morgan fingerprint density at radius 3 is 2.71 bits per heavy atom. The Morgan fingerprint density at radius 1 is 1.47 bits per heavy atom. The molecule has 1 saturated heterocycles. The second kappa shape index (κ2) is 5.35. The fourth-order valence-electron chi connectivity index (χ4n) is 2.20. The van der Waals surface area contributed by atoms with Crippen LogP contribution in [0.3, 0.4) is 0 Å². The summed E-state index contributed by atoms with van der Waals surface area (Å²) in [5.74, 6) is -0.121. The maximum atomic E-state index is 11.8. The number of halogens is 1. The van der Waals surface area contributed by atoms with E-state index in [0.29, 0.717) is 0 Å². The second-order valence-corrected chi connectivity index (χ2v) is 6.30. The number of carbonyl (C=O) groups is 1. The molecule has 1 aromatic rings. The molecule has 0 saturated carbocycles. The quantitative estimate of drug-likeness (QED) is 0.508. The summed E-state index contributed by atoms with van der Waals surface area (Å²) in [7, 11) is 0. The van der Waals surface area contributed by atoms with Crippen LogP contribution in [0.1, 0.15) is 18.9 Å². The largest absolute Gasteiger partial charge is 0.447 e. The first-order chi connectivity index (χ1) is 8.14. The Labute approximate surface area is 115 Å². The standard InChI is InChI=1S/C13H16INO2/c1-10(14)12(16)17-13(7-8-15-9-13)11-5-3-2-4-6-11/h2-6,10,15H,7-9H2,1H3/p+1. The number of hydrogen-bond donors (Lipinski definition) is 1. The molecule has 0 aliphatic carbocycles. The number of esters is 1. The lowest BCUT2D eigenvalue weighted by Crippen LogP contribution is -2.82. The topological polar surface area (TPSA) is 42.9 Å². The summed E-state index contributed by atoms with van der Waals surface area (Å²) < 4.78 is 5.67. The summed E-state index contributed by atoms with van der Waals surface area (Å²) in [5, 5.41) is 2.21. The Hall–Kier alpha value is -0.620. The molecule has 2 atom stereocenters. The molecule has 17 heavy (non-hydrogen) atoms. The summed E-state index contributed by atoms with van der Waals surface area (Å²) in [6, 6.07) is 10.1. The molecule has 1 heterocycles. The van der Waals surface area contributed by atoms with Gasteiger partial charge in [-0.05, 0) is 6.92 Å². The fourth-order valence-corrected chi connectivity index (χ4v) is 2.33. The van der Waals surface area contributed by atoms with E-state index in [1.165, 1.54) is 0 Å². The Bertz CT molecular complexity index is 386. The van der Waals surface area contributed by atoms with Crippen molar-refractivity contribution in [1.29, 1.82) is 0 Å². The van der Waals surface area contributed by atoms with E-state index in [0.717, 1.165) is 25.1 Å². The highest BCUT2D eigenvalue weighted by atomic mass is 127. The number of benzene rings is 1. The Morgan fingerprint density at radius 2 is 2.18 bits per heavy atom. The van der Waals surface area contributed by atoms with Crippen LogP contribution in [0.5, 0.6) is 0 Å². The molecule has 4 heteroatoms. The van der Waals surface area contributed by atoms with E-state index in [4.69, 9.17) is 4.74 Å². The molecule has 3 nitrogen and oxygen atoms in total. The summed E-state index contributed by atoms with van der Waals surface area (Å²) in [6.45, 7) is 3.70. The zero-order valence-electron chi connectivity index (χ0n) is 9.86. The summed E-state index contributed by atoms with van der Waals surface area (Å²) in [6.07, 6.45) is 0.895. The van der Waals surface area contributed by atoms with E-state index < -0.39 is 5.60 Å². The van der Waals surface area contributed by atoms with Crippen molar-refractivity contribution in [3.63, 3.8) is 0 Å². The number of ether oxygens (including phenoxy) is 1. The van der Waals surface area contributed by atoms with Gasteiger partial charge in [0.1, 0.15) is 10.5 Å². The predicted molar refractivity (Wildman–Crippen MR) is 74.0 cm³/mol. The van der Waals surface area contributed by atoms with Crippen molar-refractivity contribution in [2.24, 2.45) is 0 Å². The zero-order valence-corrected chi connectivity index (χ0v) is 12.0. The van der Waals surface area contributed by atoms with Crippen molar-refractivity contribution in [2.75, 3.05) is 13.1 Å². The normalized spacial score (nSPS) is 25.5. The smallest absolute Gasteiger partial charge is 0.319 e. The minimum atomic E-state index is -0.419. The third-order valence-corrected chi connectivity index (χ3v) is 3.66. The van der Waals surface area contributed by atoms with E-state index in [9.17, 15) is 4.79 Å². The van der Waals surface area contributed by atoms with Gasteiger partial charge in [-0.3, -0.25) is 4.79 Å². The second-order valence-electron chi connectivity index (χ2n) is 4.43. The number of carbonyl (C=O) groups excluding carboxylic acids is 1. The molecule has 0 bridgehead atoms. The molecule has 1 fully saturated rings. The van der Waals surface area contributed by atoms with Crippen LogP contribution in [0.25, 0.3) is 0 Å². The lowest BCUT2D eigenvalue weighted by Gasteiger charge is -2.27. The monoisotopic (exact) mass is 346 g/mol. The van der Waals surface area contributed by atoms with Gasteiger partial charge in [-0.25, -0.2) is 0 Å². The van der Waals surface area contributed by atoms with Gasteiger partial charge in [-0.1, -0.05) is 52.9 Å². The van der Waals surface area contributed by atoms with Gasteiger partial charge >= 0.3 is 5.97 Å². The van der Waals surface area contributed by atoms with Gasteiger partial charge in [0, 0.05) is 12.0 Å². The maximum Gasteiger partial charge on any atom is 0.319 e. The van der Waals surface area contributed by atoms with Crippen LogP contribution in [0.15, 0.2) is 30.3 Å². The molecule has 1 aromatic carbocycles. The summed E-state index contributed by atoms with van der Waals surface area (Å²) in [4.78, 5) is 11.8. The van der Waals surface area contributed by atoms with Crippen LogP contribution in [-0.2, 0) is 15.1 Å². The summed E-state index contributed by atoms with van der Waals surface area (Å²) >= 11 is 2.10. The fraction of sp³-hybridized carbons (Fsp3) is 0.462. The molecule has 0 aromatic heterocycles. The van der Waals surface area contributed by atoms with E-state index >= 15 is 0 Å². The van der Waals surface area contributed by atoms with E-state index in [1.54, 1.807) is 0 Å². The van der Waals surface area contributed by atoms with E-state index in [1.807, 2.05) is 37.3 Å². The van der Waals surface area contributed by atoms with Crippen LogP contribution in [0.2, 0.25) is 0 Å². The van der Waals surface area contributed by atoms with Crippen molar-refractivity contribution < 1.29 is 14.8 Å². The molecule has 2 N–H and O–H groups in total. The maximum absolute atomic E-state index is 11.8. The highest BCUT2D eigenvalue weighted by Gasteiger charge is 2.43. The first-order valence-corrected chi connectivity index (χ1v) is 7.13. The average Bonchev–Trinajstić information content (AvgIpc) is 2.80. The molecule has 0 amide bonds. The highest BCUT2D eigenvalue weighted by Crippen LogP contribution is 2.30. The SMILES string of the molecule is CC(I)C(=O)OC1(c2ccccc2)CC[NH2+]C1. The third kappa shape index (κ3) is 2.80. The number of rotatable bonds is 3. The van der Waals surface area contributed by atoms with Crippen molar-refractivity contribution in [1.82, 2.24) is 0 Å². The lowest BCUT2D eigenvalue weighted by atomic mass is 9.92. The van der Waals surface area contributed by atoms with Crippen molar-refractivity contribution in [3.05, 3.63) is 35.9 Å². The predicted octanol–water partition coefficient (Wildman–Crippen LogP) is 1.22. The molecule has 1 aliphatic heterocycles. The highest BCUT2D eigenvalue weighted by molar-refractivity contribution is 14.1. The minimum Gasteiger partial charge on any atom is -0.447 e. The summed E-state index contributed by atoms with van der Waals surface area (Å²) in [5.41, 5.74) is 0.691. The van der Waals surface area contributed by atoms with Crippen molar-refractivity contribution in [2.45, 2.75) is 22.9 Å². The lowest BCUT2D eigenvalue weighted by molar-refractivity contribution is -0.642. The number of hydrogen-bond acceptors (Lipinski definition) is 2. The molecule has 0 spiro atoms. The zero-order chi connectivity index (χ0) is 12.3. The minimum absolute atomic E-state index is 0.103. The van der Waals surface area contributed by atoms with Gasteiger partial charge in [0.05, 0.1) is 6.54 Å². The van der Waals surface area contributed by atoms with Crippen molar-refractivity contribution >= 4 is 28.6 Å². The molecule has 0 radical (unpaired) electrons. The molecular formula is C13H17INO2+. The number of nitrogens with two attached hydrogens (primary N) is 1. The van der Waals surface area contributed by atoms with Gasteiger partial charge in [-0.2, -0.15) is 0 Å². The van der Waals surface area contributed by atoms with E-state index in [2.05, 4.69) is 27.9 Å². The Kier molecular flexibility index (Phi) is 4.04. The first-order valence-electron chi connectivity index (χ1n) is 5.88. The average molecular weight is 346 g/mol. The van der Waals surface area contributed by atoms with Gasteiger partial charge in [0.2, 0.25) is 0 Å². The van der Waals surface area contributed by atoms with Crippen LogP contribution >= 0.6 is 22.6 Å². The molecular weight excluding hydrogens is 329 g/mol. The Balaban J connectivity index is 2.24. The van der Waals surface area contributed by atoms with Crippen LogP contribution < -0.4 is 5.32 Å². The molecule has 2 rings (SSSR count). The van der Waals surface area contributed by atoms with Gasteiger partial charge in [0.15, 0.2) is 5.60 Å². The van der Waals surface area contributed by atoms with Crippen LogP contribution in [-0.4, -0.2) is 23.0 Å². The molecule has 1 aliphatic rings. The molecule has 92 valence electrons. The first kappa shape index (κ1) is 12.8. The van der Waals surface area contributed by atoms with Gasteiger partial charge < -0.3 is 10.1 Å². The molecule has 2 unspecified atom stereocenters. The van der Waals surface area contributed by atoms with Gasteiger partial charge in [0.25, 0.3) is 0 Å². The number of quaternary nitrogens is 1. The van der Waals surface area contributed by atoms with Crippen molar-refractivity contribution in [3.8, 4) is 0 Å².